The SMILES string of the molecule is Cc1c(OCc2ccc(Br)cc2)ccc2c1O/C(=C\c1c(F)cccc1Cl)C2=O. The van der Waals surface area contributed by atoms with E-state index in [1.54, 1.807) is 18.2 Å². The van der Waals surface area contributed by atoms with Gasteiger partial charge in [0.1, 0.15) is 23.9 Å². The number of carbonyl (C=O) groups is 1. The number of carbonyl (C=O) groups excluding carboxylic acids is 1. The Hall–Kier alpha value is -2.63. The van der Waals surface area contributed by atoms with Gasteiger partial charge in [-0.05, 0) is 55.0 Å². The van der Waals surface area contributed by atoms with Crippen LogP contribution in [-0.4, -0.2) is 5.78 Å². The summed E-state index contributed by atoms with van der Waals surface area (Å²) >= 11 is 9.46. The molecule has 6 heteroatoms. The Morgan fingerprint density at radius 1 is 1.14 bits per heavy atom. The molecule has 0 aromatic heterocycles. The Kier molecular flexibility index (Phi) is 5.43. The van der Waals surface area contributed by atoms with E-state index in [0.29, 0.717) is 29.2 Å². The van der Waals surface area contributed by atoms with Gasteiger partial charge in [0.25, 0.3) is 0 Å². The van der Waals surface area contributed by atoms with Gasteiger partial charge < -0.3 is 9.47 Å². The van der Waals surface area contributed by atoms with Crippen molar-refractivity contribution < 1.29 is 18.7 Å². The summed E-state index contributed by atoms with van der Waals surface area (Å²) in [6.07, 6.45) is 1.34. The van der Waals surface area contributed by atoms with Crippen LogP contribution in [0.2, 0.25) is 5.02 Å². The molecule has 0 atom stereocenters. The number of Topliss-reactive ketones (excluding diaryl/α,β-unsaturated/α-hetero) is 1. The summed E-state index contributed by atoms with van der Waals surface area (Å²) in [5, 5.41) is 0.208. The summed E-state index contributed by atoms with van der Waals surface area (Å²) in [6, 6.07) is 15.6. The highest BCUT2D eigenvalue weighted by atomic mass is 79.9. The molecule has 0 amide bonds. The molecule has 0 radical (unpaired) electrons. The minimum Gasteiger partial charge on any atom is -0.488 e. The van der Waals surface area contributed by atoms with Crippen LogP contribution in [0, 0.1) is 12.7 Å². The lowest BCUT2D eigenvalue weighted by molar-refractivity contribution is 0.101. The largest absolute Gasteiger partial charge is 0.488 e. The minimum atomic E-state index is -0.521. The van der Waals surface area contributed by atoms with Crippen molar-refractivity contribution in [2.24, 2.45) is 0 Å². The number of allylic oxidation sites excluding steroid dienone is 1. The normalized spacial score (nSPS) is 14.1. The molecule has 0 saturated heterocycles. The van der Waals surface area contributed by atoms with Crippen LogP contribution in [0.4, 0.5) is 4.39 Å². The summed E-state index contributed by atoms with van der Waals surface area (Å²) in [7, 11) is 0. The lowest BCUT2D eigenvalue weighted by Crippen LogP contribution is -1.99. The van der Waals surface area contributed by atoms with Crippen LogP contribution in [0.1, 0.15) is 27.0 Å². The summed E-state index contributed by atoms with van der Waals surface area (Å²) in [5.74, 6) is 0.223. The number of hydrogen-bond acceptors (Lipinski definition) is 3. The van der Waals surface area contributed by atoms with E-state index >= 15 is 0 Å². The third-order valence-electron chi connectivity index (χ3n) is 4.62. The Morgan fingerprint density at radius 2 is 1.90 bits per heavy atom. The summed E-state index contributed by atoms with van der Waals surface area (Å²) in [6.45, 7) is 2.20. The molecule has 1 heterocycles. The molecular formula is C23H15BrClFO3. The van der Waals surface area contributed by atoms with E-state index in [9.17, 15) is 9.18 Å². The third-order valence-corrected chi connectivity index (χ3v) is 5.48. The maximum Gasteiger partial charge on any atom is 0.231 e. The first kappa shape index (κ1) is 19.7. The highest BCUT2D eigenvalue weighted by Crippen LogP contribution is 2.40. The average molecular weight is 474 g/mol. The molecule has 1 aliphatic heterocycles. The Morgan fingerprint density at radius 3 is 2.62 bits per heavy atom. The van der Waals surface area contributed by atoms with Crippen molar-refractivity contribution in [3.05, 3.63) is 97.9 Å². The maximum absolute atomic E-state index is 14.1. The van der Waals surface area contributed by atoms with Crippen molar-refractivity contribution >= 4 is 39.4 Å². The van der Waals surface area contributed by atoms with Gasteiger partial charge in [0, 0.05) is 15.6 Å². The molecule has 146 valence electrons. The Balaban J connectivity index is 1.60. The van der Waals surface area contributed by atoms with E-state index in [-0.39, 0.29) is 22.1 Å². The topological polar surface area (TPSA) is 35.5 Å². The van der Waals surface area contributed by atoms with Crippen LogP contribution in [0.3, 0.4) is 0 Å². The number of fused-ring (bicyclic) bond motifs is 1. The molecule has 29 heavy (non-hydrogen) atoms. The minimum absolute atomic E-state index is 0.0279. The Bertz CT molecular complexity index is 1120. The van der Waals surface area contributed by atoms with Crippen molar-refractivity contribution in [2.75, 3.05) is 0 Å². The highest BCUT2D eigenvalue weighted by Gasteiger charge is 2.30. The number of ether oxygens (including phenoxy) is 2. The fourth-order valence-electron chi connectivity index (χ4n) is 3.05. The molecular weight excluding hydrogens is 459 g/mol. The monoisotopic (exact) mass is 472 g/mol. The second kappa shape index (κ2) is 8.01. The molecule has 3 nitrogen and oxygen atoms in total. The van der Waals surface area contributed by atoms with Crippen molar-refractivity contribution in [1.82, 2.24) is 0 Å². The van der Waals surface area contributed by atoms with Gasteiger partial charge in [0.2, 0.25) is 5.78 Å². The van der Waals surface area contributed by atoms with Crippen molar-refractivity contribution in [2.45, 2.75) is 13.5 Å². The standard InChI is InChI=1S/C23H15BrClFO3/c1-13-20(28-12-14-5-7-15(24)8-6-14)10-9-16-22(27)21(29-23(13)16)11-17-18(25)3-2-4-19(17)26/h2-11H,12H2,1H3/b21-11-. The quantitative estimate of drug-likeness (QED) is 0.393. The van der Waals surface area contributed by atoms with E-state index in [1.807, 2.05) is 31.2 Å². The van der Waals surface area contributed by atoms with Crippen molar-refractivity contribution in [3.63, 3.8) is 0 Å². The fraction of sp³-hybridized carbons (Fsp3) is 0.0870. The highest BCUT2D eigenvalue weighted by molar-refractivity contribution is 9.10. The summed E-state index contributed by atoms with van der Waals surface area (Å²) in [4.78, 5) is 12.7. The van der Waals surface area contributed by atoms with Crippen LogP contribution in [0.5, 0.6) is 11.5 Å². The number of benzene rings is 3. The zero-order chi connectivity index (χ0) is 20.5. The molecule has 0 unspecified atom stereocenters. The molecule has 0 fully saturated rings. The van der Waals surface area contributed by atoms with Crippen LogP contribution < -0.4 is 9.47 Å². The number of ketones is 1. The maximum atomic E-state index is 14.1. The predicted octanol–water partition coefficient (Wildman–Crippen LogP) is 6.75. The molecule has 0 N–H and O–H groups in total. The van der Waals surface area contributed by atoms with Gasteiger partial charge in [-0.3, -0.25) is 4.79 Å². The van der Waals surface area contributed by atoms with Gasteiger partial charge in [0.15, 0.2) is 5.76 Å². The van der Waals surface area contributed by atoms with E-state index in [1.165, 1.54) is 18.2 Å². The van der Waals surface area contributed by atoms with E-state index < -0.39 is 5.82 Å². The second-order valence-electron chi connectivity index (χ2n) is 6.56. The van der Waals surface area contributed by atoms with E-state index in [0.717, 1.165) is 10.0 Å². The molecule has 3 aromatic carbocycles. The van der Waals surface area contributed by atoms with E-state index in [2.05, 4.69) is 15.9 Å². The van der Waals surface area contributed by atoms with E-state index in [4.69, 9.17) is 21.1 Å². The molecule has 1 aliphatic rings. The van der Waals surface area contributed by atoms with Gasteiger partial charge in [-0.2, -0.15) is 0 Å². The van der Waals surface area contributed by atoms with Gasteiger partial charge in [-0.15, -0.1) is 0 Å². The van der Waals surface area contributed by atoms with Gasteiger partial charge in [-0.25, -0.2) is 4.39 Å². The van der Waals surface area contributed by atoms with Crippen molar-refractivity contribution in [3.8, 4) is 11.5 Å². The Labute approximate surface area is 180 Å². The molecule has 0 saturated carbocycles. The molecule has 0 spiro atoms. The molecule has 4 rings (SSSR count). The summed E-state index contributed by atoms with van der Waals surface area (Å²) in [5.41, 5.74) is 2.25. The first-order valence-corrected chi connectivity index (χ1v) is 10.0. The van der Waals surface area contributed by atoms with Crippen LogP contribution in [0.15, 0.2) is 64.8 Å². The lowest BCUT2D eigenvalue weighted by Gasteiger charge is -2.11. The fourth-order valence-corrected chi connectivity index (χ4v) is 3.53. The number of rotatable bonds is 4. The molecule has 3 aromatic rings. The van der Waals surface area contributed by atoms with Gasteiger partial charge in [-0.1, -0.05) is 45.7 Å². The van der Waals surface area contributed by atoms with Crippen LogP contribution in [0.25, 0.3) is 6.08 Å². The first-order chi connectivity index (χ1) is 13.9. The predicted molar refractivity (Wildman–Crippen MR) is 114 cm³/mol. The zero-order valence-electron chi connectivity index (χ0n) is 15.3. The van der Waals surface area contributed by atoms with Crippen LogP contribution in [-0.2, 0) is 6.61 Å². The van der Waals surface area contributed by atoms with Crippen molar-refractivity contribution in [1.29, 1.82) is 0 Å². The van der Waals surface area contributed by atoms with Crippen LogP contribution >= 0.6 is 27.5 Å². The summed E-state index contributed by atoms with van der Waals surface area (Å²) < 4.78 is 26.7. The lowest BCUT2D eigenvalue weighted by atomic mass is 10.1. The average Bonchev–Trinajstić information content (AvgIpc) is 3.02. The smallest absolute Gasteiger partial charge is 0.231 e. The number of halogens is 3. The van der Waals surface area contributed by atoms with Gasteiger partial charge >= 0.3 is 0 Å². The zero-order valence-corrected chi connectivity index (χ0v) is 17.7. The first-order valence-electron chi connectivity index (χ1n) is 8.83. The second-order valence-corrected chi connectivity index (χ2v) is 7.88. The molecule has 0 bridgehead atoms. The number of hydrogen-bond donors (Lipinski definition) is 0. The van der Waals surface area contributed by atoms with Gasteiger partial charge in [0.05, 0.1) is 10.6 Å². The molecule has 0 aliphatic carbocycles. The third kappa shape index (κ3) is 3.93.